The Kier molecular flexibility index (Phi) is 3.08. The lowest BCUT2D eigenvalue weighted by atomic mass is 9.95. The van der Waals surface area contributed by atoms with Gasteiger partial charge in [0.05, 0.1) is 5.92 Å². The SMILES string of the molecule is CCC(C(=O)NC1C2CNCC21)c1ccccc1. The van der Waals surface area contributed by atoms with E-state index in [9.17, 15) is 4.79 Å². The monoisotopic (exact) mass is 244 g/mol. The topological polar surface area (TPSA) is 41.1 Å². The van der Waals surface area contributed by atoms with Crippen molar-refractivity contribution < 1.29 is 4.79 Å². The molecule has 1 aromatic rings. The first kappa shape index (κ1) is 11.7. The fourth-order valence-corrected chi connectivity index (χ4v) is 3.16. The lowest BCUT2D eigenvalue weighted by Crippen LogP contribution is -2.35. The maximum atomic E-state index is 12.3. The van der Waals surface area contributed by atoms with Crippen LogP contribution in [0.2, 0.25) is 0 Å². The van der Waals surface area contributed by atoms with E-state index in [0.29, 0.717) is 17.9 Å². The van der Waals surface area contributed by atoms with Gasteiger partial charge in [0.2, 0.25) is 5.91 Å². The predicted octanol–water partition coefficient (Wildman–Crippen LogP) is 1.51. The molecule has 2 aliphatic rings. The van der Waals surface area contributed by atoms with E-state index in [0.717, 1.165) is 25.1 Å². The molecule has 1 aromatic carbocycles. The highest BCUT2D eigenvalue weighted by Gasteiger charge is 2.53. The smallest absolute Gasteiger partial charge is 0.227 e. The quantitative estimate of drug-likeness (QED) is 0.843. The summed E-state index contributed by atoms with van der Waals surface area (Å²) < 4.78 is 0. The summed E-state index contributed by atoms with van der Waals surface area (Å²) >= 11 is 0. The number of nitrogens with one attached hydrogen (secondary N) is 2. The maximum Gasteiger partial charge on any atom is 0.227 e. The first-order valence-electron chi connectivity index (χ1n) is 6.87. The Morgan fingerprint density at radius 3 is 2.61 bits per heavy atom. The van der Waals surface area contributed by atoms with E-state index in [2.05, 4.69) is 17.6 Å². The van der Waals surface area contributed by atoms with Crippen LogP contribution in [-0.4, -0.2) is 25.0 Å². The molecule has 0 bridgehead atoms. The normalized spacial score (nSPS) is 30.6. The molecular weight excluding hydrogens is 224 g/mol. The van der Waals surface area contributed by atoms with Crippen molar-refractivity contribution in [3.05, 3.63) is 35.9 Å². The molecule has 96 valence electrons. The number of hydrogen-bond donors (Lipinski definition) is 2. The Labute approximate surface area is 108 Å². The van der Waals surface area contributed by atoms with Gasteiger partial charge >= 0.3 is 0 Å². The van der Waals surface area contributed by atoms with E-state index in [1.807, 2.05) is 30.3 Å². The van der Waals surface area contributed by atoms with Gasteiger partial charge in [-0.1, -0.05) is 37.3 Å². The number of carbonyl (C=O) groups excluding carboxylic acids is 1. The van der Waals surface area contributed by atoms with Gasteiger partial charge in [-0.25, -0.2) is 0 Å². The molecule has 3 nitrogen and oxygen atoms in total. The van der Waals surface area contributed by atoms with Gasteiger partial charge in [0.1, 0.15) is 0 Å². The minimum Gasteiger partial charge on any atom is -0.352 e. The van der Waals surface area contributed by atoms with Crippen LogP contribution in [0.15, 0.2) is 30.3 Å². The molecule has 0 radical (unpaired) electrons. The van der Waals surface area contributed by atoms with Crippen LogP contribution in [0.3, 0.4) is 0 Å². The first-order chi connectivity index (χ1) is 8.81. The average Bonchev–Trinajstić information content (AvgIpc) is 2.85. The van der Waals surface area contributed by atoms with Crippen LogP contribution in [0.1, 0.15) is 24.8 Å². The summed E-state index contributed by atoms with van der Waals surface area (Å²) in [7, 11) is 0. The summed E-state index contributed by atoms with van der Waals surface area (Å²) in [6, 6.07) is 10.5. The van der Waals surface area contributed by atoms with Gasteiger partial charge in [-0.15, -0.1) is 0 Å². The number of piperidine rings is 1. The third-order valence-corrected chi connectivity index (χ3v) is 4.33. The summed E-state index contributed by atoms with van der Waals surface area (Å²) in [5.74, 6) is 1.56. The van der Waals surface area contributed by atoms with Crippen LogP contribution in [0, 0.1) is 11.8 Å². The molecule has 2 fully saturated rings. The maximum absolute atomic E-state index is 12.3. The Balaban J connectivity index is 1.64. The second-order valence-corrected chi connectivity index (χ2v) is 5.39. The van der Waals surface area contributed by atoms with E-state index >= 15 is 0 Å². The molecule has 3 atom stereocenters. The molecule has 1 saturated heterocycles. The highest BCUT2D eigenvalue weighted by Crippen LogP contribution is 2.42. The van der Waals surface area contributed by atoms with Crippen LogP contribution >= 0.6 is 0 Å². The molecule has 1 aliphatic heterocycles. The molecule has 0 aromatic heterocycles. The Morgan fingerprint density at radius 1 is 1.33 bits per heavy atom. The van der Waals surface area contributed by atoms with Crippen LogP contribution in [0.5, 0.6) is 0 Å². The number of hydrogen-bond acceptors (Lipinski definition) is 2. The highest BCUT2D eigenvalue weighted by molar-refractivity contribution is 5.84. The Hall–Kier alpha value is -1.35. The van der Waals surface area contributed by atoms with Gasteiger partial charge in [0, 0.05) is 19.1 Å². The summed E-state index contributed by atoms with van der Waals surface area (Å²) in [5.41, 5.74) is 1.13. The zero-order valence-corrected chi connectivity index (χ0v) is 10.7. The van der Waals surface area contributed by atoms with Gasteiger partial charge < -0.3 is 10.6 Å². The molecule has 1 aliphatic carbocycles. The average molecular weight is 244 g/mol. The van der Waals surface area contributed by atoms with Crippen molar-refractivity contribution in [2.24, 2.45) is 11.8 Å². The summed E-state index contributed by atoms with van der Waals surface area (Å²) in [6.07, 6.45) is 0.857. The van der Waals surface area contributed by atoms with E-state index in [1.54, 1.807) is 0 Å². The first-order valence-corrected chi connectivity index (χ1v) is 6.87. The molecule has 1 amide bonds. The van der Waals surface area contributed by atoms with Crippen LogP contribution in [0.4, 0.5) is 0 Å². The number of rotatable bonds is 4. The molecule has 2 N–H and O–H groups in total. The minimum absolute atomic E-state index is 0.000450. The zero-order chi connectivity index (χ0) is 12.5. The molecule has 18 heavy (non-hydrogen) atoms. The molecule has 1 saturated carbocycles. The lowest BCUT2D eigenvalue weighted by molar-refractivity contribution is -0.122. The van der Waals surface area contributed by atoms with E-state index in [1.165, 1.54) is 0 Å². The van der Waals surface area contributed by atoms with Crippen LogP contribution in [0.25, 0.3) is 0 Å². The molecule has 3 rings (SSSR count). The molecular formula is C15H20N2O. The fourth-order valence-electron chi connectivity index (χ4n) is 3.16. The lowest BCUT2D eigenvalue weighted by Gasteiger charge is -2.16. The van der Waals surface area contributed by atoms with Crippen molar-refractivity contribution in [1.29, 1.82) is 0 Å². The summed E-state index contributed by atoms with van der Waals surface area (Å²) in [4.78, 5) is 12.3. The number of amides is 1. The van der Waals surface area contributed by atoms with Gasteiger partial charge in [-0.3, -0.25) is 4.79 Å². The molecule has 3 unspecified atom stereocenters. The van der Waals surface area contributed by atoms with E-state index in [-0.39, 0.29) is 11.8 Å². The summed E-state index contributed by atoms with van der Waals surface area (Å²) in [6.45, 7) is 4.21. The third kappa shape index (κ3) is 2.03. The van der Waals surface area contributed by atoms with Gasteiger partial charge in [0.25, 0.3) is 0 Å². The number of benzene rings is 1. The third-order valence-electron chi connectivity index (χ3n) is 4.33. The van der Waals surface area contributed by atoms with Crippen molar-refractivity contribution in [2.75, 3.05) is 13.1 Å². The zero-order valence-electron chi connectivity index (χ0n) is 10.7. The second kappa shape index (κ2) is 4.73. The molecule has 0 spiro atoms. The standard InChI is InChI=1S/C15H20N2O/c1-2-11(10-6-4-3-5-7-10)15(18)17-14-12-8-16-9-13(12)14/h3-7,11-14,16H,2,8-9H2,1H3,(H,17,18). The Morgan fingerprint density at radius 2 is 2.00 bits per heavy atom. The van der Waals surface area contributed by atoms with Crippen LogP contribution < -0.4 is 10.6 Å². The van der Waals surface area contributed by atoms with Gasteiger partial charge in [-0.05, 0) is 23.8 Å². The number of fused-ring (bicyclic) bond motifs is 1. The van der Waals surface area contributed by atoms with E-state index in [4.69, 9.17) is 0 Å². The largest absolute Gasteiger partial charge is 0.352 e. The van der Waals surface area contributed by atoms with Crippen molar-refractivity contribution >= 4 is 5.91 Å². The van der Waals surface area contributed by atoms with Crippen molar-refractivity contribution in [3.8, 4) is 0 Å². The number of carbonyl (C=O) groups is 1. The second-order valence-electron chi connectivity index (χ2n) is 5.39. The van der Waals surface area contributed by atoms with Crippen molar-refractivity contribution in [3.63, 3.8) is 0 Å². The van der Waals surface area contributed by atoms with Crippen molar-refractivity contribution in [2.45, 2.75) is 25.3 Å². The predicted molar refractivity (Wildman–Crippen MR) is 71.3 cm³/mol. The Bertz CT molecular complexity index is 421. The van der Waals surface area contributed by atoms with Gasteiger partial charge in [0.15, 0.2) is 0 Å². The van der Waals surface area contributed by atoms with Gasteiger partial charge in [-0.2, -0.15) is 0 Å². The molecule has 1 heterocycles. The highest BCUT2D eigenvalue weighted by atomic mass is 16.2. The molecule has 3 heteroatoms. The fraction of sp³-hybridized carbons (Fsp3) is 0.533. The summed E-state index contributed by atoms with van der Waals surface area (Å²) in [5, 5.41) is 6.58. The van der Waals surface area contributed by atoms with Crippen molar-refractivity contribution in [1.82, 2.24) is 10.6 Å². The van der Waals surface area contributed by atoms with E-state index < -0.39 is 0 Å². The minimum atomic E-state index is 0.000450. The van der Waals surface area contributed by atoms with Crippen LogP contribution in [-0.2, 0) is 4.79 Å².